The van der Waals surface area contributed by atoms with Crippen molar-refractivity contribution in [3.63, 3.8) is 0 Å². The number of nitrogens with zero attached hydrogens (tertiary/aromatic N) is 2. The topological polar surface area (TPSA) is 50.1 Å². The van der Waals surface area contributed by atoms with E-state index in [1.807, 2.05) is 23.7 Å². The van der Waals surface area contributed by atoms with Gasteiger partial charge in [0.1, 0.15) is 0 Å². The highest BCUT2D eigenvalue weighted by Crippen LogP contribution is 2.33. The van der Waals surface area contributed by atoms with E-state index in [2.05, 4.69) is 39.3 Å². The van der Waals surface area contributed by atoms with Gasteiger partial charge in [-0.1, -0.05) is 18.2 Å². The molecule has 112 valence electrons. The van der Waals surface area contributed by atoms with Gasteiger partial charge in [0.25, 0.3) is 0 Å². The van der Waals surface area contributed by atoms with Gasteiger partial charge in [-0.3, -0.25) is 4.68 Å². The fraction of sp³-hybridized carbons (Fsp3) is 0.438. The van der Waals surface area contributed by atoms with Crippen molar-refractivity contribution >= 4 is 21.6 Å². The zero-order valence-electron chi connectivity index (χ0n) is 12.4. The molecule has 1 aromatic carbocycles. The van der Waals surface area contributed by atoms with Gasteiger partial charge in [-0.2, -0.15) is 5.10 Å². The standard InChI is InChI=1S/C16H20BrN3O/c1-3-20-13(15(17)10(2)19-20)9-14(21)12-6-4-5-11-7-8-18-16(11)12/h4-6,14,18,21H,3,7-9H2,1-2H3. The molecule has 0 saturated heterocycles. The fourth-order valence-corrected chi connectivity index (χ4v) is 3.45. The van der Waals surface area contributed by atoms with E-state index in [0.29, 0.717) is 6.42 Å². The summed E-state index contributed by atoms with van der Waals surface area (Å²) in [5.41, 5.74) is 5.41. The summed E-state index contributed by atoms with van der Waals surface area (Å²) in [6.45, 7) is 5.80. The van der Waals surface area contributed by atoms with Gasteiger partial charge in [-0.05, 0) is 41.8 Å². The number of aryl methyl sites for hydroxylation is 2. The van der Waals surface area contributed by atoms with Crippen LogP contribution in [0, 0.1) is 6.92 Å². The zero-order chi connectivity index (χ0) is 15.0. The van der Waals surface area contributed by atoms with Gasteiger partial charge in [0.15, 0.2) is 0 Å². The Labute approximate surface area is 133 Å². The highest BCUT2D eigenvalue weighted by molar-refractivity contribution is 9.10. The number of benzene rings is 1. The number of aliphatic hydroxyl groups is 1. The highest BCUT2D eigenvalue weighted by Gasteiger charge is 2.22. The summed E-state index contributed by atoms with van der Waals surface area (Å²) in [5.74, 6) is 0. The Morgan fingerprint density at radius 2 is 2.29 bits per heavy atom. The van der Waals surface area contributed by atoms with E-state index in [1.54, 1.807) is 0 Å². The van der Waals surface area contributed by atoms with Crippen LogP contribution in [0.1, 0.15) is 35.5 Å². The van der Waals surface area contributed by atoms with Crippen molar-refractivity contribution in [1.29, 1.82) is 0 Å². The van der Waals surface area contributed by atoms with Crippen LogP contribution >= 0.6 is 15.9 Å². The van der Waals surface area contributed by atoms with Crippen LogP contribution in [-0.2, 0) is 19.4 Å². The van der Waals surface area contributed by atoms with Gasteiger partial charge in [0, 0.05) is 30.8 Å². The average molecular weight is 350 g/mol. The van der Waals surface area contributed by atoms with Crippen molar-refractivity contribution in [2.24, 2.45) is 0 Å². The van der Waals surface area contributed by atoms with Crippen LogP contribution in [0.4, 0.5) is 5.69 Å². The Balaban J connectivity index is 1.91. The predicted molar refractivity (Wildman–Crippen MR) is 87.6 cm³/mol. The molecule has 21 heavy (non-hydrogen) atoms. The predicted octanol–water partition coefficient (Wildman–Crippen LogP) is 3.22. The van der Waals surface area contributed by atoms with Crippen molar-refractivity contribution in [2.75, 3.05) is 11.9 Å². The molecular formula is C16H20BrN3O. The maximum atomic E-state index is 10.7. The lowest BCUT2D eigenvalue weighted by molar-refractivity contribution is 0.176. The number of aromatic nitrogens is 2. The van der Waals surface area contributed by atoms with Crippen LogP contribution in [0.3, 0.4) is 0 Å². The quantitative estimate of drug-likeness (QED) is 0.890. The van der Waals surface area contributed by atoms with Gasteiger partial charge in [-0.15, -0.1) is 0 Å². The highest BCUT2D eigenvalue weighted by atomic mass is 79.9. The number of fused-ring (bicyclic) bond motifs is 1. The molecule has 4 nitrogen and oxygen atoms in total. The molecule has 0 amide bonds. The lowest BCUT2D eigenvalue weighted by Crippen LogP contribution is -2.10. The van der Waals surface area contributed by atoms with Crippen LogP contribution in [0.2, 0.25) is 0 Å². The molecule has 5 heteroatoms. The van der Waals surface area contributed by atoms with E-state index in [-0.39, 0.29) is 0 Å². The molecule has 3 rings (SSSR count). The summed E-state index contributed by atoms with van der Waals surface area (Å²) >= 11 is 3.60. The van der Waals surface area contributed by atoms with E-state index in [4.69, 9.17) is 0 Å². The van der Waals surface area contributed by atoms with Crippen molar-refractivity contribution < 1.29 is 5.11 Å². The minimum absolute atomic E-state index is 0.525. The molecule has 0 aliphatic carbocycles. The number of rotatable bonds is 4. The average Bonchev–Trinajstić information content (AvgIpc) is 3.06. The maximum absolute atomic E-state index is 10.7. The first-order chi connectivity index (χ1) is 10.1. The number of aliphatic hydroxyl groups excluding tert-OH is 1. The van der Waals surface area contributed by atoms with Crippen LogP contribution in [-0.4, -0.2) is 21.4 Å². The smallest absolute Gasteiger partial charge is 0.0865 e. The number of anilines is 1. The molecule has 1 aromatic heterocycles. The molecule has 2 N–H and O–H groups in total. The van der Waals surface area contributed by atoms with E-state index in [1.165, 1.54) is 5.56 Å². The Kier molecular flexibility index (Phi) is 4.04. The normalized spacial score (nSPS) is 14.9. The summed E-state index contributed by atoms with van der Waals surface area (Å²) in [6.07, 6.45) is 1.07. The summed E-state index contributed by atoms with van der Waals surface area (Å²) in [4.78, 5) is 0. The molecule has 1 aliphatic rings. The van der Waals surface area contributed by atoms with Crippen molar-refractivity contribution in [3.8, 4) is 0 Å². The number of hydrogen-bond acceptors (Lipinski definition) is 3. The Morgan fingerprint density at radius 3 is 3.05 bits per heavy atom. The third kappa shape index (κ3) is 2.60. The number of hydrogen-bond donors (Lipinski definition) is 2. The molecular weight excluding hydrogens is 330 g/mol. The summed E-state index contributed by atoms with van der Waals surface area (Å²) in [5, 5.41) is 18.6. The van der Waals surface area contributed by atoms with Crippen molar-refractivity contribution in [3.05, 3.63) is 45.2 Å². The van der Waals surface area contributed by atoms with E-state index in [0.717, 1.165) is 46.6 Å². The van der Waals surface area contributed by atoms with Crippen LogP contribution in [0.5, 0.6) is 0 Å². The number of para-hydroxylation sites is 1. The van der Waals surface area contributed by atoms with Gasteiger partial charge in [0.05, 0.1) is 22.0 Å². The van der Waals surface area contributed by atoms with E-state index in [9.17, 15) is 5.11 Å². The molecule has 0 saturated carbocycles. The van der Waals surface area contributed by atoms with E-state index >= 15 is 0 Å². The third-order valence-electron chi connectivity index (χ3n) is 4.08. The molecule has 0 bridgehead atoms. The molecule has 2 heterocycles. The third-order valence-corrected chi connectivity index (χ3v) is 5.11. The lowest BCUT2D eigenvalue weighted by Gasteiger charge is -2.16. The lowest BCUT2D eigenvalue weighted by atomic mass is 10.00. The first-order valence-electron chi connectivity index (χ1n) is 7.37. The van der Waals surface area contributed by atoms with Gasteiger partial charge in [-0.25, -0.2) is 0 Å². The summed E-state index contributed by atoms with van der Waals surface area (Å²) < 4.78 is 2.96. The Bertz CT molecular complexity index is 666. The van der Waals surface area contributed by atoms with Crippen LogP contribution in [0.25, 0.3) is 0 Å². The number of halogens is 1. The number of nitrogens with one attached hydrogen (secondary N) is 1. The maximum Gasteiger partial charge on any atom is 0.0865 e. The van der Waals surface area contributed by atoms with Gasteiger partial charge < -0.3 is 10.4 Å². The largest absolute Gasteiger partial charge is 0.388 e. The van der Waals surface area contributed by atoms with Gasteiger partial charge >= 0.3 is 0 Å². The summed E-state index contributed by atoms with van der Waals surface area (Å²) in [7, 11) is 0. The SMILES string of the molecule is CCn1nc(C)c(Br)c1CC(O)c1cccc2c1NCC2. The zero-order valence-corrected chi connectivity index (χ0v) is 13.9. The fourth-order valence-electron chi connectivity index (χ4n) is 3.00. The Hall–Kier alpha value is -1.33. The molecule has 0 spiro atoms. The minimum Gasteiger partial charge on any atom is -0.388 e. The molecule has 0 fully saturated rings. The molecule has 2 aromatic rings. The second kappa shape index (κ2) is 5.81. The Morgan fingerprint density at radius 1 is 1.48 bits per heavy atom. The first-order valence-corrected chi connectivity index (χ1v) is 8.16. The second-order valence-corrected chi connectivity index (χ2v) is 6.23. The molecule has 0 radical (unpaired) electrons. The minimum atomic E-state index is -0.525. The van der Waals surface area contributed by atoms with E-state index < -0.39 is 6.10 Å². The van der Waals surface area contributed by atoms with Crippen molar-refractivity contribution in [1.82, 2.24) is 9.78 Å². The molecule has 1 aliphatic heterocycles. The van der Waals surface area contributed by atoms with Crippen molar-refractivity contribution in [2.45, 2.75) is 39.3 Å². The van der Waals surface area contributed by atoms with Crippen LogP contribution < -0.4 is 5.32 Å². The monoisotopic (exact) mass is 349 g/mol. The first kappa shape index (κ1) is 14.6. The summed E-state index contributed by atoms with van der Waals surface area (Å²) in [6, 6.07) is 6.17. The second-order valence-electron chi connectivity index (χ2n) is 5.44. The van der Waals surface area contributed by atoms with Gasteiger partial charge in [0.2, 0.25) is 0 Å². The molecule has 1 atom stereocenters. The molecule has 1 unspecified atom stereocenters. The van der Waals surface area contributed by atoms with Crippen LogP contribution in [0.15, 0.2) is 22.7 Å².